The molecule has 1 saturated heterocycles. The van der Waals surface area contributed by atoms with Gasteiger partial charge in [-0.2, -0.15) is 5.10 Å². The van der Waals surface area contributed by atoms with E-state index in [1.165, 1.54) is 0 Å². The van der Waals surface area contributed by atoms with E-state index in [4.69, 9.17) is 11.6 Å². The monoisotopic (exact) mass is 324 g/mol. The smallest absolute Gasteiger partial charge is 0.167 e. The standard InChI is InChI=1S/C14H18ClFN6/c1-22(7-9-2-10(15)5-17-4-9)8-13-19-14(21-20-13)12-3-11(16)6-18-12/h2,4-5,11-12,18H,3,6-8H2,1H3,(H,19,20,21)/t11-,12+/m0/s1. The van der Waals surface area contributed by atoms with Gasteiger partial charge in [-0.3, -0.25) is 15.0 Å². The highest BCUT2D eigenvalue weighted by molar-refractivity contribution is 6.30. The van der Waals surface area contributed by atoms with Crippen LogP contribution in [-0.4, -0.2) is 44.8 Å². The summed E-state index contributed by atoms with van der Waals surface area (Å²) < 4.78 is 13.2. The fourth-order valence-electron chi connectivity index (χ4n) is 2.59. The Morgan fingerprint density at radius 2 is 2.27 bits per heavy atom. The first-order valence-electron chi connectivity index (χ1n) is 7.17. The Hall–Kier alpha value is -1.57. The number of H-pyrrole nitrogens is 1. The SMILES string of the molecule is CN(Cc1cncc(Cl)c1)Cc1nc([C@H]2C[C@H](F)CN2)n[nH]1. The predicted molar refractivity (Wildman–Crippen MR) is 81.1 cm³/mol. The summed E-state index contributed by atoms with van der Waals surface area (Å²) in [6.07, 6.45) is 3.02. The highest BCUT2D eigenvalue weighted by atomic mass is 35.5. The van der Waals surface area contributed by atoms with Gasteiger partial charge < -0.3 is 5.32 Å². The molecule has 2 aromatic rings. The van der Waals surface area contributed by atoms with E-state index in [1.54, 1.807) is 12.4 Å². The highest BCUT2D eigenvalue weighted by Gasteiger charge is 2.27. The summed E-state index contributed by atoms with van der Waals surface area (Å²) in [5.41, 5.74) is 1.03. The lowest BCUT2D eigenvalue weighted by Crippen LogP contribution is -2.18. The molecule has 2 aromatic heterocycles. The molecule has 8 heteroatoms. The van der Waals surface area contributed by atoms with E-state index < -0.39 is 6.17 Å². The van der Waals surface area contributed by atoms with E-state index in [0.717, 1.165) is 11.4 Å². The van der Waals surface area contributed by atoms with Gasteiger partial charge in [-0.05, 0) is 18.7 Å². The van der Waals surface area contributed by atoms with Crippen LogP contribution in [0, 0.1) is 0 Å². The summed E-state index contributed by atoms with van der Waals surface area (Å²) >= 11 is 5.93. The van der Waals surface area contributed by atoms with Crippen molar-refractivity contribution in [3.8, 4) is 0 Å². The molecule has 2 N–H and O–H groups in total. The molecular weight excluding hydrogens is 307 g/mol. The van der Waals surface area contributed by atoms with Crippen molar-refractivity contribution in [3.63, 3.8) is 0 Å². The van der Waals surface area contributed by atoms with Gasteiger partial charge in [0.15, 0.2) is 5.82 Å². The number of halogens is 2. The maximum absolute atomic E-state index is 13.2. The lowest BCUT2D eigenvalue weighted by atomic mass is 10.2. The number of nitrogens with one attached hydrogen (secondary N) is 2. The van der Waals surface area contributed by atoms with Gasteiger partial charge in [-0.25, -0.2) is 9.37 Å². The lowest BCUT2D eigenvalue weighted by molar-refractivity contribution is 0.310. The Labute approximate surface area is 133 Å². The Kier molecular flexibility index (Phi) is 4.66. The number of hydrogen-bond donors (Lipinski definition) is 2. The van der Waals surface area contributed by atoms with E-state index in [1.807, 2.05) is 13.1 Å². The number of rotatable bonds is 5. The molecule has 0 aromatic carbocycles. The van der Waals surface area contributed by atoms with Crippen molar-refractivity contribution in [2.45, 2.75) is 31.7 Å². The maximum atomic E-state index is 13.2. The van der Waals surface area contributed by atoms with Gasteiger partial charge in [0, 0.05) is 31.9 Å². The molecular formula is C14H18ClFN6. The van der Waals surface area contributed by atoms with Gasteiger partial charge in [-0.1, -0.05) is 11.6 Å². The molecule has 1 fully saturated rings. The molecule has 1 aliphatic heterocycles. The normalized spacial score (nSPS) is 21.6. The van der Waals surface area contributed by atoms with Crippen LogP contribution in [0.1, 0.15) is 29.7 Å². The average Bonchev–Trinajstić information content (AvgIpc) is 3.07. The van der Waals surface area contributed by atoms with Crippen molar-refractivity contribution in [2.75, 3.05) is 13.6 Å². The summed E-state index contributed by atoms with van der Waals surface area (Å²) in [5, 5.41) is 10.8. The van der Waals surface area contributed by atoms with E-state index in [9.17, 15) is 4.39 Å². The number of pyridine rings is 1. The fourth-order valence-corrected chi connectivity index (χ4v) is 2.79. The van der Waals surface area contributed by atoms with Crippen LogP contribution in [0.4, 0.5) is 4.39 Å². The third kappa shape index (κ3) is 3.79. The molecule has 0 bridgehead atoms. The predicted octanol–water partition coefficient (Wildman–Crippen LogP) is 1.86. The molecule has 2 atom stereocenters. The maximum Gasteiger partial charge on any atom is 0.167 e. The number of alkyl halides is 1. The summed E-state index contributed by atoms with van der Waals surface area (Å²) in [5.74, 6) is 1.39. The Balaban J connectivity index is 1.57. The van der Waals surface area contributed by atoms with Crippen LogP contribution in [0.2, 0.25) is 5.02 Å². The van der Waals surface area contributed by atoms with Gasteiger partial charge in [-0.15, -0.1) is 0 Å². The van der Waals surface area contributed by atoms with Gasteiger partial charge >= 0.3 is 0 Å². The topological polar surface area (TPSA) is 69.7 Å². The Bertz CT molecular complexity index is 633. The van der Waals surface area contributed by atoms with Crippen LogP contribution in [0.5, 0.6) is 0 Å². The van der Waals surface area contributed by atoms with E-state index in [2.05, 4.69) is 30.4 Å². The second kappa shape index (κ2) is 6.68. The molecule has 0 radical (unpaired) electrons. The fraction of sp³-hybridized carbons (Fsp3) is 0.500. The van der Waals surface area contributed by atoms with E-state index in [-0.39, 0.29) is 6.04 Å². The molecule has 1 aliphatic rings. The molecule has 3 heterocycles. The van der Waals surface area contributed by atoms with Crippen LogP contribution >= 0.6 is 11.6 Å². The zero-order valence-corrected chi connectivity index (χ0v) is 13.0. The van der Waals surface area contributed by atoms with Crippen molar-refractivity contribution < 1.29 is 4.39 Å². The molecule has 3 rings (SSSR count). The average molecular weight is 325 g/mol. The van der Waals surface area contributed by atoms with Crippen LogP contribution in [0.15, 0.2) is 18.5 Å². The minimum absolute atomic E-state index is 0.0950. The first-order chi connectivity index (χ1) is 10.6. The van der Waals surface area contributed by atoms with E-state index >= 15 is 0 Å². The highest BCUT2D eigenvalue weighted by Crippen LogP contribution is 2.22. The third-order valence-electron chi connectivity index (χ3n) is 3.57. The van der Waals surface area contributed by atoms with Crippen molar-refractivity contribution in [2.24, 2.45) is 0 Å². The van der Waals surface area contributed by atoms with E-state index in [0.29, 0.717) is 36.9 Å². The second-order valence-electron chi connectivity index (χ2n) is 5.62. The summed E-state index contributed by atoms with van der Waals surface area (Å²) in [7, 11) is 1.98. The molecule has 0 spiro atoms. The van der Waals surface area contributed by atoms with Crippen molar-refractivity contribution in [1.29, 1.82) is 0 Å². The van der Waals surface area contributed by atoms with Crippen LogP contribution in [0.3, 0.4) is 0 Å². The molecule has 0 aliphatic carbocycles. The number of hydrogen-bond acceptors (Lipinski definition) is 5. The largest absolute Gasteiger partial charge is 0.304 e. The quantitative estimate of drug-likeness (QED) is 0.878. The first-order valence-corrected chi connectivity index (χ1v) is 7.54. The minimum Gasteiger partial charge on any atom is -0.304 e. The van der Waals surface area contributed by atoms with Crippen molar-refractivity contribution in [1.82, 2.24) is 30.4 Å². The molecule has 118 valence electrons. The Morgan fingerprint density at radius 1 is 1.41 bits per heavy atom. The minimum atomic E-state index is -0.815. The Morgan fingerprint density at radius 3 is 3.00 bits per heavy atom. The summed E-state index contributed by atoms with van der Waals surface area (Å²) in [6, 6.07) is 1.79. The summed E-state index contributed by atoms with van der Waals surface area (Å²) in [6.45, 7) is 1.69. The second-order valence-corrected chi connectivity index (χ2v) is 6.05. The first kappa shape index (κ1) is 15.3. The molecule has 0 saturated carbocycles. The third-order valence-corrected chi connectivity index (χ3v) is 3.78. The molecule has 6 nitrogen and oxygen atoms in total. The lowest BCUT2D eigenvalue weighted by Gasteiger charge is -2.14. The van der Waals surface area contributed by atoms with Gasteiger partial charge in [0.1, 0.15) is 12.0 Å². The van der Waals surface area contributed by atoms with Gasteiger partial charge in [0.25, 0.3) is 0 Å². The molecule has 22 heavy (non-hydrogen) atoms. The van der Waals surface area contributed by atoms with Crippen LogP contribution in [0.25, 0.3) is 0 Å². The number of aromatic amines is 1. The van der Waals surface area contributed by atoms with Crippen molar-refractivity contribution >= 4 is 11.6 Å². The van der Waals surface area contributed by atoms with Crippen LogP contribution in [-0.2, 0) is 13.1 Å². The number of nitrogens with zero attached hydrogens (tertiary/aromatic N) is 4. The summed E-state index contributed by atoms with van der Waals surface area (Å²) in [4.78, 5) is 10.6. The zero-order chi connectivity index (χ0) is 15.5. The van der Waals surface area contributed by atoms with Crippen molar-refractivity contribution in [3.05, 3.63) is 40.7 Å². The zero-order valence-electron chi connectivity index (χ0n) is 12.3. The van der Waals surface area contributed by atoms with Gasteiger partial charge in [0.05, 0.1) is 17.6 Å². The molecule has 0 unspecified atom stereocenters. The van der Waals surface area contributed by atoms with Gasteiger partial charge in [0.2, 0.25) is 0 Å². The number of aromatic nitrogens is 4. The molecule has 0 amide bonds. The van der Waals surface area contributed by atoms with Crippen LogP contribution < -0.4 is 5.32 Å².